The van der Waals surface area contributed by atoms with Crippen LogP contribution in [0.5, 0.6) is 0 Å². The van der Waals surface area contributed by atoms with E-state index < -0.39 is 0 Å². The van der Waals surface area contributed by atoms with Crippen molar-refractivity contribution >= 4 is 0 Å². The highest BCUT2D eigenvalue weighted by Gasteiger charge is 2.46. The van der Waals surface area contributed by atoms with Crippen LogP contribution in [0.2, 0.25) is 0 Å². The number of benzene rings is 4. The monoisotopic (exact) mass is 416 g/mol. The molecule has 0 nitrogen and oxygen atoms in total. The maximum atomic E-state index is 2.47. The standard InChI is InChI=1S/C32H32/c1-5-6-10-25-11-8-13-27(21-25)32(26-12-7-9-22(2)18-26)30-19-23(3)14-16-28(30)29-17-15-24(4)20-31(29)32/h7-9,11-21H,5-6,10H2,1-4H3. The summed E-state index contributed by atoms with van der Waals surface area (Å²) in [6, 6.07) is 32.5. The van der Waals surface area contributed by atoms with Crippen LogP contribution in [-0.4, -0.2) is 0 Å². The van der Waals surface area contributed by atoms with E-state index in [1.54, 1.807) is 0 Å². The Labute approximate surface area is 193 Å². The van der Waals surface area contributed by atoms with E-state index in [-0.39, 0.29) is 5.41 Å². The molecule has 0 aliphatic heterocycles. The number of hydrogen-bond acceptors (Lipinski definition) is 0. The van der Waals surface area contributed by atoms with Crippen molar-refractivity contribution in [2.75, 3.05) is 0 Å². The first-order valence-electron chi connectivity index (χ1n) is 11.9. The Morgan fingerprint density at radius 2 is 1.16 bits per heavy atom. The molecule has 0 heteroatoms. The van der Waals surface area contributed by atoms with Gasteiger partial charge in [0.2, 0.25) is 0 Å². The molecule has 4 aromatic rings. The fourth-order valence-corrected chi connectivity index (χ4v) is 5.56. The summed E-state index contributed by atoms with van der Waals surface area (Å²) in [6.07, 6.45) is 3.58. The molecule has 0 bridgehead atoms. The van der Waals surface area contributed by atoms with Crippen LogP contribution in [0.25, 0.3) is 11.1 Å². The highest BCUT2D eigenvalue weighted by molar-refractivity contribution is 5.86. The van der Waals surface area contributed by atoms with Crippen LogP contribution in [0.3, 0.4) is 0 Å². The van der Waals surface area contributed by atoms with Crippen molar-refractivity contribution in [3.63, 3.8) is 0 Å². The van der Waals surface area contributed by atoms with Crippen LogP contribution in [-0.2, 0) is 11.8 Å². The van der Waals surface area contributed by atoms with Gasteiger partial charge in [0.1, 0.15) is 0 Å². The molecule has 1 aliphatic carbocycles. The molecule has 160 valence electrons. The number of fused-ring (bicyclic) bond motifs is 3. The molecule has 0 spiro atoms. The highest BCUT2D eigenvalue weighted by atomic mass is 14.5. The molecule has 0 fully saturated rings. The zero-order chi connectivity index (χ0) is 22.3. The summed E-state index contributed by atoms with van der Waals surface area (Å²) in [7, 11) is 0. The van der Waals surface area contributed by atoms with E-state index in [0.29, 0.717) is 0 Å². The van der Waals surface area contributed by atoms with Gasteiger partial charge in [-0.1, -0.05) is 115 Å². The second-order valence-electron chi connectivity index (χ2n) is 9.52. The van der Waals surface area contributed by atoms with Gasteiger partial charge in [0.25, 0.3) is 0 Å². The molecule has 32 heavy (non-hydrogen) atoms. The van der Waals surface area contributed by atoms with E-state index in [1.807, 2.05) is 0 Å². The minimum atomic E-state index is -0.295. The lowest BCUT2D eigenvalue weighted by Crippen LogP contribution is -2.29. The van der Waals surface area contributed by atoms with Gasteiger partial charge in [0.15, 0.2) is 0 Å². The van der Waals surface area contributed by atoms with Crippen molar-refractivity contribution in [3.8, 4) is 11.1 Å². The van der Waals surface area contributed by atoms with E-state index >= 15 is 0 Å². The molecular weight excluding hydrogens is 384 g/mol. The number of aryl methyl sites for hydroxylation is 4. The van der Waals surface area contributed by atoms with Crippen molar-refractivity contribution in [1.29, 1.82) is 0 Å². The lowest BCUT2D eigenvalue weighted by Gasteiger charge is -2.35. The normalized spacial score (nSPS) is 13.6. The minimum Gasteiger partial charge on any atom is -0.0654 e. The predicted molar refractivity (Wildman–Crippen MR) is 137 cm³/mol. The zero-order valence-electron chi connectivity index (χ0n) is 19.7. The van der Waals surface area contributed by atoms with Crippen molar-refractivity contribution in [2.45, 2.75) is 52.4 Å². The lowest BCUT2D eigenvalue weighted by atomic mass is 9.67. The zero-order valence-corrected chi connectivity index (χ0v) is 19.7. The third-order valence-corrected chi connectivity index (χ3v) is 7.08. The Morgan fingerprint density at radius 3 is 1.75 bits per heavy atom. The van der Waals surface area contributed by atoms with Crippen molar-refractivity contribution < 1.29 is 0 Å². The number of hydrogen-bond donors (Lipinski definition) is 0. The maximum Gasteiger partial charge on any atom is 0.0713 e. The van der Waals surface area contributed by atoms with Gasteiger partial charge in [-0.15, -0.1) is 0 Å². The molecule has 0 heterocycles. The summed E-state index contributed by atoms with van der Waals surface area (Å²) in [5.74, 6) is 0. The van der Waals surface area contributed by atoms with Gasteiger partial charge in [-0.2, -0.15) is 0 Å². The van der Waals surface area contributed by atoms with Crippen molar-refractivity contribution in [2.24, 2.45) is 0 Å². The molecule has 0 amide bonds. The average molecular weight is 417 g/mol. The predicted octanol–water partition coefficient (Wildman–Crippen LogP) is 8.32. The molecule has 0 saturated heterocycles. The molecule has 0 unspecified atom stereocenters. The van der Waals surface area contributed by atoms with E-state index in [2.05, 4.69) is 113 Å². The van der Waals surface area contributed by atoms with Gasteiger partial charge in [-0.25, -0.2) is 0 Å². The number of rotatable bonds is 5. The minimum absolute atomic E-state index is 0.295. The fourth-order valence-electron chi connectivity index (χ4n) is 5.56. The third-order valence-electron chi connectivity index (χ3n) is 7.08. The summed E-state index contributed by atoms with van der Waals surface area (Å²) in [4.78, 5) is 0. The van der Waals surface area contributed by atoms with Gasteiger partial charge in [0.05, 0.1) is 5.41 Å². The largest absolute Gasteiger partial charge is 0.0713 e. The quantitative estimate of drug-likeness (QED) is 0.270. The summed E-state index contributed by atoms with van der Waals surface area (Å²) >= 11 is 0. The number of unbranched alkanes of at least 4 members (excludes halogenated alkanes) is 1. The van der Waals surface area contributed by atoms with Gasteiger partial charge in [-0.3, -0.25) is 0 Å². The SMILES string of the molecule is CCCCc1cccc(C2(c3cccc(C)c3)c3cc(C)ccc3-c3ccc(C)cc32)c1. The lowest BCUT2D eigenvalue weighted by molar-refractivity contribution is 0.755. The average Bonchev–Trinajstić information content (AvgIpc) is 3.07. The van der Waals surface area contributed by atoms with Crippen LogP contribution in [0.1, 0.15) is 64.3 Å². The van der Waals surface area contributed by atoms with Crippen LogP contribution in [0.15, 0.2) is 84.9 Å². The van der Waals surface area contributed by atoms with Crippen LogP contribution in [0.4, 0.5) is 0 Å². The molecule has 0 aromatic heterocycles. The molecule has 0 N–H and O–H groups in total. The molecule has 0 atom stereocenters. The third kappa shape index (κ3) is 3.21. The van der Waals surface area contributed by atoms with E-state index in [0.717, 1.165) is 6.42 Å². The molecule has 0 radical (unpaired) electrons. The summed E-state index contributed by atoms with van der Waals surface area (Å²) < 4.78 is 0. The topological polar surface area (TPSA) is 0 Å². The fraction of sp³-hybridized carbons (Fsp3) is 0.250. The Bertz CT molecular complexity index is 1240. The molecule has 0 saturated carbocycles. The van der Waals surface area contributed by atoms with Crippen LogP contribution < -0.4 is 0 Å². The first kappa shape index (κ1) is 20.8. The first-order valence-corrected chi connectivity index (χ1v) is 11.9. The van der Waals surface area contributed by atoms with E-state index in [4.69, 9.17) is 0 Å². The molecule has 1 aliphatic rings. The smallest absolute Gasteiger partial charge is 0.0654 e. The van der Waals surface area contributed by atoms with Gasteiger partial charge in [-0.05, 0) is 72.6 Å². The second-order valence-corrected chi connectivity index (χ2v) is 9.52. The second kappa shape index (κ2) is 8.10. The van der Waals surface area contributed by atoms with E-state index in [1.165, 1.54) is 68.5 Å². The molecule has 5 rings (SSSR count). The van der Waals surface area contributed by atoms with Crippen LogP contribution >= 0.6 is 0 Å². The Hall–Kier alpha value is -3.12. The first-order chi connectivity index (χ1) is 15.5. The van der Waals surface area contributed by atoms with Crippen molar-refractivity contribution in [1.82, 2.24) is 0 Å². The van der Waals surface area contributed by atoms with Crippen LogP contribution in [0, 0.1) is 20.8 Å². The molecular formula is C32H32. The maximum absolute atomic E-state index is 2.47. The highest BCUT2D eigenvalue weighted by Crippen LogP contribution is 2.56. The summed E-state index contributed by atoms with van der Waals surface area (Å²) in [5, 5.41) is 0. The van der Waals surface area contributed by atoms with Gasteiger partial charge < -0.3 is 0 Å². The Kier molecular flexibility index (Phi) is 5.25. The van der Waals surface area contributed by atoms with Crippen molar-refractivity contribution in [3.05, 3.63) is 129 Å². The Morgan fingerprint density at radius 1 is 0.594 bits per heavy atom. The summed E-state index contributed by atoms with van der Waals surface area (Å²) in [5.41, 5.74) is 13.4. The molecule has 4 aromatic carbocycles. The summed E-state index contributed by atoms with van der Waals surface area (Å²) in [6.45, 7) is 8.91. The van der Waals surface area contributed by atoms with E-state index in [9.17, 15) is 0 Å². The van der Waals surface area contributed by atoms with Gasteiger partial charge >= 0.3 is 0 Å². The Balaban J connectivity index is 1.90. The van der Waals surface area contributed by atoms with Gasteiger partial charge in [0, 0.05) is 0 Å².